The molecule has 2 heterocycles. The molecule has 0 radical (unpaired) electrons. The molecule has 12 heavy (non-hydrogen) atoms. The van der Waals surface area contributed by atoms with Gasteiger partial charge in [-0.25, -0.2) is 4.98 Å². The molecule has 5 heteroatoms. The summed E-state index contributed by atoms with van der Waals surface area (Å²) in [5, 5.41) is 3.71. The van der Waals surface area contributed by atoms with Crippen LogP contribution in [0.5, 0.6) is 0 Å². The number of imidazole rings is 1. The second-order valence-electron chi connectivity index (χ2n) is 2.35. The van der Waals surface area contributed by atoms with Crippen LogP contribution in [0.15, 0.2) is 33.9 Å². The van der Waals surface area contributed by atoms with Gasteiger partial charge in [0.05, 0.1) is 12.9 Å². The quantitative estimate of drug-likeness (QED) is 0.785. The first kappa shape index (κ1) is 7.54. The molecule has 0 aliphatic heterocycles. The van der Waals surface area contributed by atoms with E-state index in [2.05, 4.69) is 26.1 Å². The van der Waals surface area contributed by atoms with Crippen LogP contribution >= 0.6 is 15.9 Å². The van der Waals surface area contributed by atoms with Crippen molar-refractivity contribution < 1.29 is 4.52 Å². The fourth-order valence-electron chi connectivity index (χ4n) is 0.922. The second kappa shape index (κ2) is 3.10. The summed E-state index contributed by atoms with van der Waals surface area (Å²) in [6.45, 7) is 0.665. The summed E-state index contributed by atoms with van der Waals surface area (Å²) in [6, 6.07) is 1.83. The third-order valence-corrected chi connectivity index (χ3v) is 1.80. The Hall–Kier alpha value is -1.10. The lowest BCUT2D eigenvalue weighted by Gasteiger charge is -1.94. The van der Waals surface area contributed by atoms with Gasteiger partial charge >= 0.3 is 0 Å². The molecule has 0 unspecified atom stereocenters. The number of halogens is 1. The topological polar surface area (TPSA) is 43.9 Å². The molecule has 4 nitrogen and oxygen atoms in total. The van der Waals surface area contributed by atoms with Crippen molar-refractivity contribution >= 4 is 15.9 Å². The van der Waals surface area contributed by atoms with Gasteiger partial charge in [0.2, 0.25) is 0 Å². The molecular formula is C7H6BrN3O. The molecule has 2 rings (SSSR count). The summed E-state index contributed by atoms with van der Waals surface area (Å²) in [7, 11) is 0. The van der Waals surface area contributed by atoms with E-state index in [0.29, 0.717) is 6.54 Å². The minimum atomic E-state index is 0.665. The number of hydrogen-bond acceptors (Lipinski definition) is 3. The smallest absolute Gasteiger partial charge is 0.157 e. The Labute approximate surface area is 77.3 Å². The van der Waals surface area contributed by atoms with Gasteiger partial charge in [-0.3, -0.25) is 0 Å². The van der Waals surface area contributed by atoms with Crippen molar-refractivity contribution in [2.24, 2.45) is 0 Å². The number of hydrogen-bond donors (Lipinski definition) is 0. The van der Waals surface area contributed by atoms with Gasteiger partial charge in [-0.2, -0.15) is 0 Å². The van der Waals surface area contributed by atoms with Crippen molar-refractivity contribution in [1.82, 2.24) is 14.7 Å². The molecule has 0 amide bonds. The molecule has 0 aliphatic carbocycles. The summed E-state index contributed by atoms with van der Waals surface area (Å²) < 4.78 is 7.62. The lowest BCUT2D eigenvalue weighted by molar-refractivity contribution is 0.373. The highest BCUT2D eigenvalue weighted by Crippen LogP contribution is 2.10. The average Bonchev–Trinajstić information content (AvgIpc) is 2.63. The van der Waals surface area contributed by atoms with Crippen molar-refractivity contribution in [2.75, 3.05) is 0 Å². The lowest BCUT2D eigenvalue weighted by atomic mass is 10.4. The molecule has 0 saturated carbocycles. The van der Waals surface area contributed by atoms with Crippen molar-refractivity contribution in [3.63, 3.8) is 0 Å². The third kappa shape index (κ3) is 1.55. The van der Waals surface area contributed by atoms with E-state index in [1.807, 2.05) is 16.8 Å². The monoisotopic (exact) mass is 227 g/mol. The van der Waals surface area contributed by atoms with Crippen molar-refractivity contribution in [3.05, 3.63) is 35.2 Å². The Morgan fingerprint density at radius 1 is 1.58 bits per heavy atom. The van der Waals surface area contributed by atoms with Crippen LogP contribution in [-0.4, -0.2) is 14.7 Å². The maximum absolute atomic E-state index is 4.99. The highest BCUT2D eigenvalue weighted by atomic mass is 79.9. The van der Waals surface area contributed by atoms with Crippen LogP contribution in [-0.2, 0) is 6.54 Å². The maximum Gasteiger partial charge on any atom is 0.157 e. The Morgan fingerprint density at radius 3 is 3.08 bits per heavy atom. The summed E-state index contributed by atoms with van der Waals surface area (Å²) in [4.78, 5) is 3.91. The van der Waals surface area contributed by atoms with E-state index in [0.717, 1.165) is 10.4 Å². The minimum Gasteiger partial charge on any atom is -0.358 e. The molecule has 0 bridgehead atoms. The zero-order valence-corrected chi connectivity index (χ0v) is 7.73. The van der Waals surface area contributed by atoms with E-state index >= 15 is 0 Å². The highest BCUT2D eigenvalue weighted by molar-refractivity contribution is 9.10. The molecule has 0 atom stereocenters. The van der Waals surface area contributed by atoms with E-state index in [9.17, 15) is 0 Å². The fraction of sp³-hybridized carbons (Fsp3) is 0.143. The Kier molecular flexibility index (Phi) is 1.95. The Morgan fingerprint density at radius 2 is 2.50 bits per heavy atom. The Balaban J connectivity index is 2.14. The van der Waals surface area contributed by atoms with Crippen LogP contribution in [0.1, 0.15) is 5.76 Å². The van der Waals surface area contributed by atoms with Crippen molar-refractivity contribution in [3.8, 4) is 0 Å². The lowest BCUT2D eigenvalue weighted by Crippen LogP contribution is -1.93. The van der Waals surface area contributed by atoms with Crippen LogP contribution in [0.4, 0.5) is 0 Å². The molecule has 2 aromatic heterocycles. The predicted molar refractivity (Wildman–Crippen MR) is 45.5 cm³/mol. The Bertz CT molecular complexity index is 354. The first-order valence-corrected chi connectivity index (χ1v) is 4.21. The molecule has 62 valence electrons. The van der Waals surface area contributed by atoms with Crippen LogP contribution in [0.3, 0.4) is 0 Å². The van der Waals surface area contributed by atoms with E-state index in [4.69, 9.17) is 4.52 Å². The number of nitrogens with zero attached hydrogens (tertiary/aromatic N) is 3. The first-order chi connectivity index (χ1) is 5.84. The van der Waals surface area contributed by atoms with Crippen LogP contribution < -0.4 is 0 Å². The zero-order valence-electron chi connectivity index (χ0n) is 6.14. The van der Waals surface area contributed by atoms with Gasteiger partial charge in [-0.15, -0.1) is 0 Å². The molecule has 0 spiro atoms. The second-order valence-corrected chi connectivity index (χ2v) is 3.16. The molecule has 0 aromatic carbocycles. The molecular weight excluding hydrogens is 222 g/mol. The van der Waals surface area contributed by atoms with Gasteiger partial charge in [0, 0.05) is 18.5 Å². The summed E-state index contributed by atoms with van der Waals surface area (Å²) >= 11 is 3.21. The van der Waals surface area contributed by atoms with Crippen LogP contribution in [0, 0.1) is 0 Å². The van der Waals surface area contributed by atoms with Gasteiger partial charge in [0.15, 0.2) is 5.76 Å². The van der Waals surface area contributed by atoms with Crippen molar-refractivity contribution in [1.29, 1.82) is 0 Å². The van der Waals surface area contributed by atoms with E-state index in [1.54, 1.807) is 12.5 Å². The third-order valence-electron chi connectivity index (χ3n) is 1.43. The summed E-state index contributed by atoms with van der Waals surface area (Å²) in [6.07, 6.45) is 5.33. The molecule has 0 aliphatic rings. The molecule has 0 saturated heterocycles. The SMILES string of the molecule is Brc1cc(Cn2ccnc2)on1. The van der Waals surface area contributed by atoms with E-state index in [-0.39, 0.29) is 0 Å². The fourth-order valence-corrected chi connectivity index (χ4v) is 1.25. The molecule has 2 aromatic rings. The average molecular weight is 228 g/mol. The largest absolute Gasteiger partial charge is 0.358 e. The number of aromatic nitrogens is 3. The zero-order chi connectivity index (χ0) is 8.39. The van der Waals surface area contributed by atoms with Gasteiger partial charge in [-0.1, -0.05) is 5.16 Å². The minimum absolute atomic E-state index is 0.665. The maximum atomic E-state index is 4.99. The van der Waals surface area contributed by atoms with Gasteiger partial charge in [0.25, 0.3) is 0 Å². The normalized spacial score (nSPS) is 10.4. The van der Waals surface area contributed by atoms with Crippen molar-refractivity contribution in [2.45, 2.75) is 6.54 Å². The highest BCUT2D eigenvalue weighted by Gasteiger charge is 2.00. The van der Waals surface area contributed by atoms with Gasteiger partial charge in [0.1, 0.15) is 4.60 Å². The van der Waals surface area contributed by atoms with E-state index in [1.165, 1.54) is 0 Å². The molecule has 0 fully saturated rings. The molecule has 0 N–H and O–H groups in total. The summed E-state index contributed by atoms with van der Waals surface area (Å²) in [5.41, 5.74) is 0. The standard InChI is InChI=1S/C7H6BrN3O/c8-7-3-6(12-10-7)4-11-2-1-9-5-11/h1-3,5H,4H2. The van der Waals surface area contributed by atoms with Gasteiger partial charge in [-0.05, 0) is 15.9 Å². The van der Waals surface area contributed by atoms with Crippen LogP contribution in [0.2, 0.25) is 0 Å². The number of rotatable bonds is 2. The van der Waals surface area contributed by atoms with Gasteiger partial charge < -0.3 is 9.09 Å². The predicted octanol–water partition coefficient (Wildman–Crippen LogP) is 1.68. The summed E-state index contributed by atoms with van der Waals surface area (Å²) in [5.74, 6) is 0.805. The van der Waals surface area contributed by atoms with E-state index < -0.39 is 0 Å². The first-order valence-electron chi connectivity index (χ1n) is 3.41. The van der Waals surface area contributed by atoms with Crippen LogP contribution in [0.25, 0.3) is 0 Å².